The normalized spacial score (nSPS) is 14.1. The number of aromatic nitrogens is 2. The highest BCUT2D eigenvalue weighted by molar-refractivity contribution is 5.89. The van der Waals surface area contributed by atoms with Crippen LogP contribution in [0.1, 0.15) is 21.7 Å². The first-order valence-corrected chi connectivity index (χ1v) is 4.18. The summed E-state index contributed by atoms with van der Waals surface area (Å²) in [4.78, 5) is 11.2. The van der Waals surface area contributed by atoms with Gasteiger partial charge in [0.1, 0.15) is 0 Å². The standard InChI is InChI=1S/C8H11N3O2.ClH/c1-13-8(12)7-5-4-9-3-2-6(5)10-11-7;/h9H,2-4H2,1H3,(H,10,11);1H. The summed E-state index contributed by atoms with van der Waals surface area (Å²) in [6, 6.07) is 0. The van der Waals surface area contributed by atoms with Crippen LogP contribution >= 0.6 is 12.4 Å². The van der Waals surface area contributed by atoms with Crippen LogP contribution in [-0.4, -0.2) is 29.8 Å². The van der Waals surface area contributed by atoms with Gasteiger partial charge in [0.2, 0.25) is 0 Å². The molecule has 0 atom stereocenters. The zero-order chi connectivity index (χ0) is 9.26. The Morgan fingerprint density at radius 3 is 3.07 bits per heavy atom. The van der Waals surface area contributed by atoms with E-state index in [-0.39, 0.29) is 18.4 Å². The van der Waals surface area contributed by atoms with Crippen molar-refractivity contribution in [2.75, 3.05) is 13.7 Å². The molecule has 6 heteroatoms. The fourth-order valence-electron chi connectivity index (χ4n) is 1.49. The van der Waals surface area contributed by atoms with E-state index in [1.165, 1.54) is 7.11 Å². The number of hydrogen-bond donors (Lipinski definition) is 2. The van der Waals surface area contributed by atoms with E-state index in [0.717, 1.165) is 24.2 Å². The van der Waals surface area contributed by atoms with Crippen LogP contribution in [0.4, 0.5) is 0 Å². The number of methoxy groups -OCH3 is 1. The van der Waals surface area contributed by atoms with Crippen LogP contribution in [0.25, 0.3) is 0 Å². The van der Waals surface area contributed by atoms with Crippen molar-refractivity contribution in [2.24, 2.45) is 0 Å². The summed E-state index contributed by atoms with van der Waals surface area (Å²) in [6.07, 6.45) is 0.888. The Bertz CT molecular complexity index is 337. The van der Waals surface area contributed by atoms with E-state index in [0.29, 0.717) is 12.2 Å². The molecule has 0 radical (unpaired) electrons. The van der Waals surface area contributed by atoms with Gasteiger partial charge in [0.15, 0.2) is 5.69 Å². The molecule has 0 saturated carbocycles. The van der Waals surface area contributed by atoms with Gasteiger partial charge in [-0.1, -0.05) is 0 Å². The number of nitrogens with one attached hydrogen (secondary N) is 2. The van der Waals surface area contributed by atoms with Crippen LogP contribution in [0.2, 0.25) is 0 Å². The molecule has 2 heterocycles. The fourth-order valence-corrected chi connectivity index (χ4v) is 1.49. The Kier molecular flexibility index (Phi) is 3.49. The van der Waals surface area contributed by atoms with Crippen molar-refractivity contribution < 1.29 is 9.53 Å². The summed E-state index contributed by atoms with van der Waals surface area (Å²) in [5.74, 6) is -0.374. The highest BCUT2D eigenvalue weighted by Crippen LogP contribution is 2.15. The number of hydrogen-bond acceptors (Lipinski definition) is 4. The Morgan fingerprint density at radius 1 is 1.57 bits per heavy atom. The van der Waals surface area contributed by atoms with E-state index in [1.807, 2.05) is 0 Å². The Morgan fingerprint density at radius 2 is 2.36 bits per heavy atom. The Hall–Kier alpha value is -1.07. The second-order valence-corrected chi connectivity index (χ2v) is 2.95. The molecule has 0 unspecified atom stereocenters. The largest absolute Gasteiger partial charge is 0.464 e. The molecule has 0 amide bonds. The molecular formula is C8H12ClN3O2. The van der Waals surface area contributed by atoms with Crippen molar-refractivity contribution in [1.82, 2.24) is 15.5 Å². The molecule has 1 aromatic heterocycles. The summed E-state index contributed by atoms with van der Waals surface area (Å²) in [7, 11) is 1.36. The van der Waals surface area contributed by atoms with Crippen LogP contribution in [-0.2, 0) is 17.7 Å². The first-order valence-electron chi connectivity index (χ1n) is 4.18. The first-order chi connectivity index (χ1) is 6.33. The number of carbonyl (C=O) groups is 1. The van der Waals surface area contributed by atoms with Gasteiger partial charge >= 0.3 is 5.97 Å². The molecule has 5 nitrogen and oxygen atoms in total. The minimum absolute atomic E-state index is 0. The molecule has 1 aromatic rings. The van der Waals surface area contributed by atoms with Gasteiger partial charge in [0, 0.05) is 30.8 Å². The van der Waals surface area contributed by atoms with Crippen LogP contribution in [0, 0.1) is 0 Å². The predicted octanol–water partition coefficient (Wildman–Crippen LogP) is 0.264. The van der Waals surface area contributed by atoms with Gasteiger partial charge in [-0.3, -0.25) is 5.10 Å². The third-order valence-electron chi connectivity index (χ3n) is 2.19. The van der Waals surface area contributed by atoms with E-state index >= 15 is 0 Å². The molecule has 2 rings (SSSR count). The lowest BCUT2D eigenvalue weighted by molar-refractivity contribution is 0.0592. The van der Waals surface area contributed by atoms with Gasteiger partial charge in [0.25, 0.3) is 0 Å². The lowest BCUT2D eigenvalue weighted by atomic mass is 10.1. The monoisotopic (exact) mass is 217 g/mol. The maximum absolute atomic E-state index is 11.2. The predicted molar refractivity (Wildman–Crippen MR) is 52.6 cm³/mol. The maximum atomic E-state index is 11.2. The number of carbonyl (C=O) groups excluding carboxylic acids is 1. The summed E-state index contributed by atoms with van der Waals surface area (Å²) in [6.45, 7) is 1.62. The van der Waals surface area contributed by atoms with E-state index in [2.05, 4.69) is 20.3 Å². The number of H-pyrrole nitrogens is 1. The minimum atomic E-state index is -0.374. The van der Waals surface area contributed by atoms with E-state index < -0.39 is 0 Å². The summed E-state index contributed by atoms with van der Waals surface area (Å²) < 4.78 is 4.61. The SMILES string of the molecule is COC(=O)c1n[nH]c2c1CNCC2.Cl. The molecule has 78 valence electrons. The number of aromatic amines is 1. The molecule has 0 fully saturated rings. The lowest BCUT2D eigenvalue weighted by Crippen LogP contribution is -2.24. The summed E-state index contributed by atoms with van der Waals surface area (Å²) in [5, 5.41) is 9.96. The van der Waals surface area contributed by atoms with Crippen molar-refractivity contribution >= 4 is 18.4 Å². The van der Waals surface area contributed by atoms with Crippen LogP contribution in [0.15, 0.2) is 0 Å². The third-order valence-corrected chi connectivity index (χ3v) is 2.19. The minimum Gasteiger partial charge on any atom is -0.464 e. The van der Waals surface area contributed by atoms with Crippen molar-refractivity contribution in [1.29, 1.82) is 0 Å². The highest BCUT2D eigenvalue weighted by Gasteiger charge is 2.21. The van der Waals surface area contributed by atoms with Gasteiger partial charge in [-0.25, -0.2) is 4.79 Å². The number of fused-ring (bicyclic) bond motifs is 1. The van der Waals surface area contributed by atoms with Gasteiger partial charge in [-0.2, -0.15) is 5.10 Å². The average Bonchev–Trinajstić information content (AvgIpc) is 2.60. The van der Waals surface area contributed by atoms with E-state index in [4.69, 9.17) is 0 Å². The molecule has 0 aliphatic carbocycles. The average molecular weight is 218 g/mol. The van der Waals surface area contributed by atoms with Gasteiger partial charge in [0.05, 0.1) is 7.11 Å². The van der Waals surface area contributed by atoms with Gasteiger partial charge in [-0.15, -0.1) is 12.4 Å². The van der Waals surface area contributed by atoms with E-state index in [9.17, 15) is 4.79 Å². The van der Waals surface area contributed by atoms with Crippen molar-refractivity contribution in [3.8, 4) is 0 Å². The second kappa shape index (κ2) is 4.43. The van der Waals surface area contributed by atoms with Crippen LogP contribution < -0.4 is 5.32 Å². The molecule has 2 N–H and O–H groups in total. The molecule has 14 heavy (non-hydrogen) atoms. The zero-order valence-corrected chi connectivity index (χ0v) is 8.61. The Balaban J connectivity index is 0.000000980. The maximum Gasteiger partial charge on any atom is 0.358 e. The molecule has 0 bridgehead atoms. The molecule has 0 saturated heterocycles. The number of nitrogens with zero attached hydrogens (tertiary/aromatic N) is 1. The quantitative estimate of drug-likeness (QED) is 0.663. The summed E-state index contributed by atoms with van der Waals surface area (Å²) in [5.41, 5.74) is 2.39. The smallest absolute Gasteiger partial charge is 0.358 e. The number of esters is 1. The van der Waals surface area contributed by atoms with Crippen LogP contribution in [0.3, 0.4) is 0 Å². The molecular weight excluding hydrogens is 206 g/mol. The lowest BCUT2D eigenvalue weighted by Gasteiger charge is -2.11. The first kappa shape index (κ1) is 11.0. The highest BCUT2D eigenvalue weighted by atomic mass is 35.5. The van der Waals surface area contributed by atoms with Gasteiger partial charge < -0.3 is 10.1 Å². The Labute approximate surface area is 87.6 Å². The van der Waals surface area contributed by atoms with Crippen LogP contribution in [0.5, 0.6) is 0 Å². The molecule has 1 aliphatic rings. The number of ether oxygens (including phenoxy) is 1. The van der Waals surface area contributed by atoms with Gasteiger partial charge in [-0.05, 0) is 0 Å². The van der Waals surface area contributed by atoms with Crippen molar-refractivity contribution in [3.05, 3.63) is 17.0 Å². The van der Waals surface area contributed by atoms with Crippen molar-refractivity contribution in [2.45, 2.75) is 13.0 Å². The number of rotatable bonds is 1. The molecule has 0 spiro atoms. The topological polar surface area (TPSA) is 67.0 Å². The molecule has 0 aromatic carbocycles. The second-order valence-electron chi connectivity index (χ2n) is 2.95. The third kappa shape index (κ3) is 1.73. The zero-order valence-electron chi connectivity index (χ0n) is 7.79. The molecule has 1 aliphatic heterocycles. The summed E-state index contributed by atoms with van der Waals surface area (Å²) >= 11 is 0. The fraction of sp³-hybridized carbons (Fsp3) is 0.500. The van der Waals surface area contributed by atoms with E-state index in [1.54, 1.807) is 0 Å². The van der Waals surface area contributed by atoms with Crippen molar-refractivity contribution in [3.63, 3.8) is 0 Å². The number of halogens is 1.